The molecule has 0 radical (unpaired) electrons. The smallest absolute Gasteiger partial charge is 0.166 e. The number of hydrogen-bond acceptors (Lipinski definition) is 0. The minimum atomic E-state index is -4.41. The van der Waals surface area contributed by atoms with Gasteiger partial charge in [-0.2, -0.15) is 26.3 Å². The molecule has 21 heavy (non-hydrogen) atoms. The molecule has 0 heterocycles. The summed E-state index contributed by atoms with van der Waals surface area (Å²) in [6, 6.07) is 8.76. The summed E-state index contributed by atoms with van der Waals surface area (Å²) in [6.45, 7) is 0. The van der Waals surface area contributed by atoms with Gasteiger partial charge in [0.1, 0.15) is 0 Å². The first-order valence-corrected chi connectivity index (χ1v) is 5.85. The maximum Gasteiger partial charge on any atom is 0.417 e. The van der Waals surface area contributed by atoms with Gasteiger partial charge in [-0.15, -0.1) is 0 Å². The Labute approximate surface area is 117 Å². The van der Waals surface area contributed by atoms with Gasteiger partial charge in [0.25, 0.3) is 0 Å². The van der Waals surface area contributed by atoms with Crippen LogP contribution in [0.3, 0.4) is 0 Å². The molecule has 0 aromatic heterocycles. The van der Waals surface area contributed by atoms with Crippen molar-refractivity contribution in [2.75, 3.05) is 0 Å². The molecule has 0 aliphatic heterocycles. The molecule has 0 spiro atoms. The van der Waals surface area contributed by atoms with E-state index in [9.17, 15) is 26.3 Å². The van der Waals surface area contributed by atoms with Gasteiger partial charge in [-0.25, -0.2) is 0 Å². The first-order chi connectivity index (χ1) is 9.66. The zero-order valence-corrected chi connectivity index (χ0v) is 10.5. The lowest BCUT2D eigenvalue weighted by Crippen LogP contribution is -2.05. The van der Waals surface area contributed by atoms with Crippen LogP contribution in [0, 0.1) is 6.42 Å². The highest BCUT2D eigenvalue weighted by Gasteiger charge is 2.31. The van der Waals surface area contributed by atoms with Crippen LogP contribution in [0.15, 0.2) is 48.5 Å². The summed E-state index contributed by atoms with van der Waals surface area (Å²) >= 11 is 0. The zero-order chi connectivity index (χ0) is 15.7. The number of rotatable bonds is 2. The van der Waals surface area contributed by atoms with Crippen molar-refractivity contribution in [2.45, 2.75) is 12.4 Å². The van der Waals surface area contributed by atoms with Crippen LogP contribution in [0.5, 0.6) is 0 Å². The van der Waals surface area contributed by atoms with Crippen LogP contribution >= 0.6 is 0 Å². The molecule has 0 unspecified atom stereocenters. The molecule has 0 saturated carbocycles. The third-order valence-corrected chi connectivity index (χ3v) is 2.81. The van der Waals surface area contributed by atoms with Gasteiger partial charge in [0.15, 0.2) is 0 Å². The second kappa shape index (κ2) is 5.35. The number of alkyl halides is 6. The van der Waals surface area contributed by atoms with Gasteiger partial charge in [0.05, 0.1) is 22.3 Å². The fourth-order valence-corrected chi connectivity index (χ4v) is 1.73. The minimum absolute atomic E-state index is 0.475. The minimum Gasteiger partial charge on any atom is -0.166 e. The molecule has 2 rings (SSSR count). The summed E-state index contributed by atoms with van der Waals surface area (Å²) in [4.78, 5) is 0. The lowest BCUT2D eigenvalue weighted by atomic mass is 10.0. The van der Waals surface area contributed by atoms with Gasteiger partial charge >= 0.3 is 12.4 Å². The zero-order valence-electron chi connectivity index (χ0n) is 10.5. The summed E-state index contributed by atoms with van der Waals surface area (Å²) in [5.41, 5.74) is -0.593. The maximum absolute atomic E-state index is 12.4. The van der Waals surface area contributed by atoms with E-state index in [-0.39, 0.29) is 0 Å². The molecule has 0 fully saturated rings. The second-order valence-electron chi connectivity index (χ2n) is 4.38. The van der Waals surface area contributed by atoms with Gasteiger partial charge in [-0.1, -0.05) is 0 Å². The summed E-state index contributed by atoms with van der Waals surface area (Å²) in [5, 5.41) is 0. The Morgan fingerprint density at radius 2 is 0.810 bits per heavy atom. The van der Waals surface area contributed by atoms with Gasteiger partial charge in [0.2, 0.25) is 0 Å². The standard InChI is InChI=1S/C15H9F6/c16-14(17,18)12-5-1-10(2-6-12)9-11-3-7-13(8-4-11)15(19,20)21/h1-9H/q+1. The highest BCUT2D eigenvalue weighted by molar-refractivity contribution is 5.39. The van der Waals surface area contributed by atoms with E-state index >= 15 is 0 Å². The molecule has 0 saturated heterocycles. The molecule has 0 N–H and O–H groups in total. The van der Waals surface area contributed by atoms with Crippen LogP contribution in [-0.2, 0) is 12.4 Å². The van der Waals surface area contributed by atoms with Crippen LogP contribution in [0.4, 0.5) is 26.3 Å². The Kier molecular flexibility index (Phi) is 3.89. The van der Waals surface area contributed by atoms with E-state index in [1.807, 2.05) is 0 Å². The molecule has 2 aromatic carbocycles. The van der Waals surface area contributed by atoms with Crippen LogP contribution in [0.25, 0.3) is 0 Å². The van der Waals surface area contributed by atoms with Crippen molar-refractivity contribution >= 4 is 0 Å². The lowest BCUT2D eigenvalue weighted by molar-refractivity contribution is -0.138. The Hall–Kier alpha value is -2.11. The van der Waals surface area contributed by atoms with Crippen molar-refractivity contribution in [1.29, 1.82) is 0 Å². The monoisotopic (exact) mass is 303 g/mol. The molecule has 0 atom stereocenters. The van der Waals surface area contributed by atoms with Gasteiger partial charge in [-0.05, 0) is 24.3 Å². The fourth-order valence-electron chi connectivity index (χ4n) is 1.73. The quantitative estimate of drug-likeness (QED) is 0.520. The summed E-state index contributed by atoms with van der Waals surface area (Å²) in [6.07, 6.45) is -7.32. The predicted molar refractivity (Wildman–Crippen MR) is 65.4 cm³/mol. The molecular formula is C15H9F6+. The Morgan fingerprint density at radius 1 is 0.524 bits per heavy atom. The average Bonchev–Trinajstić information content (AvgIpc) is 2.38. The molecule has 0 nitrogen and oxygen atoms in total. The Morgan fingerprint density at radius 3 is 1.05 bits per heavy atom. The number of benzene rings is 2. The Bertz CT molecular complexity index is 535. The lowest BCUT2D eigenvalue weighted by Gasteiger charge is -2.06. The van der Waals surface area contributed by atoms with Crippen LogP contribution < -0.4 is 0 Å². The van der Waals surface area contributed by atoms with E-state index < -0.39 is 23.5 Å². The third kappa shape index (κ3) is 3.93. The average molecular weight is 303 g/mol. The highest BCUT2D eigenvalue weighted by atomic mass is 19.4. The molecule has 6 heteroatoms. The molecule has 0 aliphatic carbocycles. The van der Waals surface area contributed by atoms with Gasteiger partial charge < -0.3 is 0 Å². The predicted octanol–water partition coefficient (Wildman–Crippen LogP) is 5.32. The van der Waals surface area contributed by atoms with E-state index in [0.29, 0.717) is 11.1 Å². The largest absolute Gasteiger partial charge is 0.417 e. The highest BCUT2D eigenvalue weighted by Crippen LogP contribution is 2.31. The first-order valence-electron chi connectivity index (χ1n) is 5.85. The van der Waals surface area contributed by atoms with Crippen molar-refractivity contribution < 1.29 is 26.3 Å². The van der Waals surface area contributed by atoms with E-state index in [4.69, 9.17) is 0 Å². The van der Waals surface area contributed by atoms with Crippen LogP contribution in [0.1, 0.15) is 22.3 Å². The van der Waals surface area contributed by atoms with E-state index in [0.717, 1.165) is 24.3 Å². The normalized spacial score (nSPS) is 12.3. The molecular weight excluding hydrogens is 294 g/mol. The summed E-state index contributed by atoms with van der Waals surface area (Å²) in [7, 11) is 0. The number of halogens is 6. The Balaban J connectivity index is 2.12. The third-order valence-electron chi connectivity index (χ3n) is 2.81. The van der Waals surface area contributed by atoms with Crippen molar-refractivity contribution in [3.05, 3.63) is 77.2 Å². The number of hydrogen-bond donors (Lipinski definition) is 0. The van der Waals surface area contributed by atoms with Crippen molar-refractivity contribution in [3.8, 4) is 0 Å². The molecule has 0 bridgehead atoms. The molecule has 2 aromatic rings. The first kappa shape index (κ1) is 15.3. The second-order valence-corrected chi connectivity index (χ2v) is 4.38. The van der Waals surface area contributed by atoms with Crippen molar-refractivity contribution in [2.24, 2.45) is 0 Å². The van der Waals surface area contributed by atoms with E-state index in [1.54, 1.807) is 0 Å². The van der Waals surface area contributed by atoms with E-state index in [1.165, 1.54) is 30.7 Å². The maximum atomic E-state index is 12.4. The topological polar surface area (TPSA) is 0 Å². The molecule has 110 valence electrons. The SMILES string of the molecule is FC(F)(F)c1ccc([CH+]c2ccc(C(F)(F)F)cc2)cc1. The van der Waals surface area contributed by atoms with E-state index in [2.05, 4.69) is 0 Å². The van der Waals surface area contributed by atoms with Crippen LogP contribution in [-0.4, -0.2) is 0 Å². The van der Waals surface area contributed by atoms with Gasteiger partial charge in [0, 0.05) is 30.7 Å². The molecule has 0 aliphatic rings. The summed E-state index contributed by atoms with van der Waals surface area (Å²) in [5.74, 6) is 0. The van der Waals surface area contributed by atoms with Crippen LogP contribution in [0.2, 0.25) is 0 Å². The molecule has 0 amide bonds. The van der Waals surface area contributed by atoms with Crippen molar-refractivity contribution in [3.63, 3.8) is 0 Å². The van der Waals surface area contributed by atoms with Gasteiger partial charge in [-0.3, -0.25) is 0 Å². The fraction of sp³-hybridized carbons (Fsp3) is 0.133. The summed E-state index contributed by atoms with van der Waals surface area (Å²) < 4.78 is 74.3. The van der Waals surface area contributed by atoms with Crippen molar-refractivity contribution in [1.82, 2.24) is 0 Å².